The van der Waals surface area contributed by atoms with Gasteiger partial charge in [0.05, 0.1) is 37.0 Å². The summed E-state index contributed by atoms with van der Waals surface area (Å²) >= 11 is 0. The largest absolute Gasteiger partial charge is 0.481 e. The molecule has 0 N–H and O–H groups in total. The number of carbonyl (C=O) groups is 1. The van der Waals surface area contributed by atoms with E-state index in [1.807, 2.05) is 36.4 Å². The summed E-state index contributed by atoms with van der Waals surface area (Å²) in [5, 5.41) is 4.31. The van der Waals surface area contributed by atoms with Crippen molar-refractivity contribution < 1.29 is 14.3 Å². The summed E-state index contributed by atoms with van der Waals surface area (Å²) in [7, 11) is 1.59. The van der Waals surface area contributed by atoms with Gasteiger partial charge in [0.1, 0.15) is 6.73 Å². The highest BCUT2D eigenvalue weighted by Gasteiger charge is 2.30. The quantitative estimate of drug-likeness (QED) is 0.737. The van der Waals surface area contributed by atoms with E-state index in [4.69, 9.17) is 9.47 Å². The van der Waals surface area contributed by atoms with Gasteiger partial charge in [0.2, 0.25) is 5.88 Å². The van der Waals surface area contributed by atoms with E-state index >= 15 is 0 Å². The van der Waals surface area contributed by atoms with E-state index in [2.05, 4.69) is 17.2 Å². The van der Waals surface area contributed by atoms with Gasteiger partial charge in [-0.1, -0.05) is 36.4 Å². The molecule has 0 aliphatic carbocycles. The molecule has 0 radical (unpaired) electrons. The molecule has 1 fully saturated rings. The highest BCUT2D eigenvalue weighted by Crippen LogP contribution is 2.30. The summed E-state index contributed by atoms with van der Waals surface area (Å²) in [4.78, 5) is 15.0. The van der Waals surface area contributed by atoms with Gasteiger partial charge in [-0.15, -0.1) is 0 Å². The first-order valence-electron chi connectivity index (χ1n) is 8.24. The number of hydrogen-bond donors (Lipinski definition) is 0. The number of methoxy groups -OCH3 is 1. The second kappa shape index (κ2) is 6.57. The maximum absolute atomic E-state index is 13.2. The van der Waals surface area contributed by atoms with Crippen LogP contribution >= 0.6 is 0 Å². The van der Waals surface area contributed by atoms with Crippen LogP contribution in [0.1, 0.15) is 28.4 Å². The third-order valence-corrected chi connectivity index (χ3v) is 4.54. The van der Waals surface area contributed by atoms with Gasteiger partial charge in [-0.25, -0.2) is 4.52 Å². The number of hydrogen-bond acceptors (Lipinski definition) is 4. The van der Waals surface area contributed by atoms with Crippen LogP contribution in [0.5, 0.6) is 5.88 Å². The fraction of sp³-hybridized carbons (Fsp3) is 0.263. The lowest BCUT2D eigenvalue weighted by atomic mass is 10.0. The average Bonchev–Trinajstić information content (AvgIpc) is 3.12. The van der Waals surface area contributed by atoms with Crippen LogP contribution in [0.4, 0.5) is 0 Å². The number of ether oxygens (including phenoxy) is 2. The molecule has 0 saturated carbocycles. The molecule has 0 spiro atoms. The van der Waals surface area contributed by atoms with E-state index < -0.39 is 0 Å². The molecule has 1 amide bonds. The number of amides is 1. The molecule has 1 aromatic carbocycles. The zero-order valence-electron chi connectivity index (χ0n) is 14.0. The molecule has 3 aromatic rings. The molecule has 25 heavy (non-hydrogen) atoms. The SMILES string of the molecule is COc1cccc2c(C(=O)N3COCC[C@H]3c3ccccc3)cnn12. The molecule has 4 rings (SSSR count). The number of rotatable bonds is 3. The molecular weight excluding hydrogens is 318 g/mol. The van der Waals surface area contributed by atoms with Crippen LogP contribution in [0, 0.1) is 0 Å². The van der Waals surface area contributed by atoms with Crippen molar-refractivity contribution in [1.29, 1.82) is 0 Å². The Bertz CT molecular complexity index is 891. The van der Waals surface area contributed by atoms with E-state index in [-0.39, 0.29) is 18.7 Å². The van der Waals surface area contributed by atoms with Crippen LogP contribution in [-0.4, -0.2) is 40.9 Å². The zero-order chi connectivity index (χ0) is 17.2. The summed E-state index contributed by atoms with van der Waals surface area (Å²) in [6.07, 6.45) is 2.37. The van der Waals surface area contributed by atoms with E-state index in [9.17, 15) is 4.79 Å². The number of fused-ring (bicyclic) bond motifs is 1. The van der Waals surface area contributed by atoms with Crippen molar-refractivity contribution in [1.82, 2.24) is 14.5 Å². The molecule has 128 valence electrons. The maximum Gasteiger partial charge on any atom is 0.260 e. The highest BCUT2D eigenvalue weighted by atomic mass is 16.5. The minimum atomic E-state index is -0.0863. The molecule has 0 unspecified atom stereocenters. The average molecular weight is 337 g/mol. The second-order valence-corrected chi connectivity index (χ2v) is 5.95. The first kappa shape index (κ1) is 15.7. The van der Waals surface area contributed by atoms with Gasteiger partial charge in [0.15, 0.2) is 0 Å². The molecular formula is C19H19N3O3. The Morgan fingerprint density at radius 2 is 2.04 bits per heavy atom. The lowest BCUT2D eigenvalue weighted by Gasteiger charge is -2.35. The van der Waals surface area contributed by atoms with Gasteiger partial charge in [0.25, 0.3) is 5.91 Å². The van der Waals surface area contributed by atoms with E-state index in [0.29, 0.717) is 18.1 Å². The Hall–Kier alpha value is -2.86. The van der Waals surface area contributed by atoms with Crippen molar-refractivity contribution in [3.8, 4) is 5.88 Å². The smallest absolute Gasteiger partial charge is 0.260 e. The lowest BCUT2D eigenvalue weighted by molar-refractivity contribution is -0.0338. The fourth-order valence-electron chi connectivity index (χ4n) is 3.29. The van der Waals surface area contributed by atoms with Crippen LogP contribution in [-0.2, 0) is 4.74 Å². The van der Waals surface area contributed by atoms with Crippen molar-refractivity contribution in [2.75, 3.05) is 20.4 Å². The van der Waals surface area contributed by atoms with Gasteiger partial charge >= 0.3 is 0 Å². The van der Waals surface area contributed by atoms with Crippen molar-refractivity contribution >= 4 is 11.4 Å². The Balaban J connectivity index is 1.72. The number of carbonyl (C=O) groups excluding carboxylic acids is 1. The fourth-order valence-corrected chi connectivity index (χ4v) is 3.29. The lowest BCUT2D eigenvalue weighted by Crippen LogP contribution is -2.40. The zero-order valence-corrected chi connectivity index (χ0v) is 14.0. The number of aromatic nitrogens is 2. The predicted octanol–water partition coefficient (Wildman–Crippen LogP) is 2.90. The van der Waals surface area contributed by atoms with Crippen LogP contribution in [0.15, 0.2) is 54.7 Å². The van der Waals surface area contributed by atoms with E-state index in [1.165, 1.54) is 0 Å². The van der Waals surface area contributed by atoms with Crippen molar-refractivity contribution in [2.45, 2.75) is 12.5 Å². The predicted molar refractivity (Wildman–Crippen MR) is 92.5 cm³/mol. The standard InChI is InChI=1S/C19H19N3O3/c1-24-18-9-5-8-17-15(12-20-22(17)18)19(23)21-13-25-11-10-16(21)14-6-3-2-4-7-14/h2-9,12,16H,10-11,13H2,1H3/t16-/m0/s1. The third kappa shape index (κ3) is 2.74. The maximum atomic E-state index is 13.2. The number of benzene rings is 1. The first-order chi connectivity index (χ1) is 12.3. The Morgan fingerprint density at radius 1 is 1.20 bits per heavy atom. The molecule has 1 aliphatic rings. The van der Waals surface area contributed by atoms with Gasteiger partial charge in [0, 0.05) is 6.07 Å². The Labute approximate surface area is 145 Å². The van der Waals surface area contributed by atoms with Gasteiger partial charge in [-0.2, -0.15) is 5.10 Å². The summed E-state index contributed by atoms with van der Waals surface area (Å²) in [6, 6.07) is 15.6. The molecule has 6 nitrogen and oxygen atoms in total. The van der Waals surface area contributed by atoms with Crippen LogP contribution < -0.4 is 4.74 Å². The number of nitrogens with zero attached hydrogens (tertiary/aromatic N) is 3. The van der Waals surface area contributed by atoms with Gasteiger partial charge in [-0.3, -0.25) is 4.79 Å². The third-order valence-electron chi connectivity index (χ3n) is 4.54. The summed E-state index contributed by atoms with van der Waals surface area (Å²) in [6.45, 7) is 0.922. The highest BCUT2D eigenvalue weighted by molar-refractivity contribution is 6.00. The minimum Gasteiger partial charge on any atom is -0.481 e. The minimum absolute atomic E-state index is 0.00278. The molecule has 2 aromatic heterocycles. The van der Waals surface area contributed by atoms with Crippen molar-refractivity contribution in [3.63, 3.8) is 0 Å². The molecule has 1 atom stereocenters. The Kier molecular flexibility index (Phi) is 4.11. The van der Waals surface area contributed by atoms with Crippen molar-refractivity contribution in [3.05, 3.63) is 65.9 Å². The van der Waals surface area contributed by atoms with Crippen LogP contribution in [0.2, 0.25) is 0 Å². The molecule has 1 saturated heterocycles. The second-order valence-electron chi connectivity index (χ2n) is 5.95. The Morgan fingerprint density at radius 3 is 2.84 bits per heavy atom. The first-order valence-corrected chi connectivity index (χ1v) is 8.24. The monoisotopic (exact) mass is 337 g/mol. The number of pyridine rings is 1. The molecule has 0 bridgehead atoms. The van der Waals surface area contributed by atoms with Gasteiger partial charge < -0.3 is 14.4 Å². The summed E-state index contributed by atoms with van der Waals surface area (Å²) in [5.74, 6) is 0.503. The molecule has 6 heteroatoms. The van der Waals surface area contributed by atoms with Crippen LogP contribution in [0.25, 0.3) is 5.52 Å². The molecule has 3 heterocycles. The van der Waals surface area contributed by atoms with E-state index in [0.717, 1.165) is 17.5 Å². The normalized spacial score (nSPS) is 17.6. The van der Waals surface area contributed by atoms with E-state index in [1.54, 1.807) is 22.7 Å². The van der Waals surface area contributed by atoms with Gasteiger partial charge in [-0.05, 0) is 18.1 Å². The summed E-state index contributed by atoms with van der Waals surface area (Å²) < 4.78 is 12.5. The molecule has 1 aliphatic heterocycles. The summed E-state index contributed by atoms with van der Waals surface area (Å²) in [5.41, 5.74) is 2.39. The van der Waals surface area contributed by atoms with Crippen LogP contribution in [0.3, 0.4) is 0 Å². The van der Waals surface area contributed by atoms with Crippen molar-refractivity contribution in [2.24, 2.45) is 0 Å². The topological polar surface area (TPSA) is 56.1 Å².